The molecule has 0 amide bonds. The van der Waals surface area contributed by atoms with Gasteiger partial charge in [0.05, 0.1) is 26.4 Å². The second kappa shape index (κ2) is 64.5. The summed E-state index contributed by atoms with van der Waals surface area (Å²) in [4.78, 5) is 72.7. The second-order valence-corrected chi connectivity index (χ2v) is 29.3. The standard InChI is InChI=1S/C73H138O17P2/c1-7-10-12-14-16-18-20-21-22-23-27-32-39-45-51-57-72(77)89-68(61-84-71(76)56-50-44-38-31-28-24-26-29-35-41-47-53-65(4)5)63-87-91(79,80)85-59-67(74)60-86-92(81,82)88-64-69(62-83-70(75)55-49-43-37-30-25-19-17-15-13-11-8-2)90-73(78)58-52-46-40-34-33-36-42-48-54-66(6)9-3/h18,20-22,65-69,74H,7-17,19,23-64H2,1-6H3,(H,79,80)(H,81,82)/b20-18-,22-21-/t66?,67-,68-,69-/m1/s1. The summed E-state index contributed by atoms with van der Waals surface area (Å²) in [6.45, 7) is 9.50. The van der Waals surface area contributed by atoms with Gasteiger partial charge >= 0.3 is 39.5 Å². The fourth-order valence-electron chi connectivity index (χ4n) is 10.5. The van der Waals surface area contributed by atoms with Gasteiger partial charge in [0.2, 0.25) is 0 Å². The number of phosphoric ester groups is 2. The number of phosphoric acid groups is 2. The first kappa shape index (κ1) is 89.5. The van der Waals surface area contributed by atoms with Gasteiger partial charge in [-0.15, -0.1) is 0 Å². The number of aliphatic hydroxyl groups excluding tert-OH is 1. The Labute approximate surface area is 561 Å². The maximum absolute atomic E-state index is 13.0. The highest BCUT2D eigenvalue weighted by molar-refractivity contribution is 7.47. The number of carbonyl (C=O) groups is 4. The maximum atomic E-state index is 13.0. The summed E-state index contributed by atoms with van der Waals surface area (Å²) in [6, 6.07) is 0. The van der Waals surface area contributed by atoms with Gasteiger partial charge in [0.1, 0.15) is 19.3 Å². The van der Waals surface area contributed by atoms with Crippen LogP contribution >= 0.6 is 15.6 Å². The number of carbonyl (C=O) groups excluding carboxylic acids is 4. The topological polar surface area (TPSA) is 237 Å². The molecular formula is C73H138O17P2. The van der Waals surface area contributed by atoms with Gasteiger partial charge in [0, 0.05) is 25.7 Å². The second-order valence-electron chi connectivity index (χ2n) is 26.4. The number of unbranched alkanes of at least 4 members (excludes halogenated alkanes) is 36. The van der Waals surface area contributed by atoms with Crippen molar-refractivity contribution in [3.63, 3.8) is 0 Å². The van der Waals surface area contributed by atoms with E-state index in [4.69, 9.17) is 37.0 Å². The van der Waals surface area contributed by atoms with Crippen molar-refractivity contribution >= 4 is 39.5 Å². The highest BCUT2D eigenvalue weighted by Gasteiger charge is 2.30. The number of allylic oxidation sites excluding steroid dienone is 4. The Hall–Kier alpha value is -2.46. The van der Waals surface area contributed by atoms with Gasteiger partial charge < -0.3 is 33.8 Å². The van der Waals surface area contributed by atoms with E-state index in [0.29, 0.717) is 25.7 Å². The third kappa shape index (κ3) is 64.9. The Morgan fingerprint density at radius 1 is 0.359 bits per heavy atom. The van der Waals surface area contributed by atoms with Crippen molar-refractivity contribution in [3.05, 3.63) is 24.3 Å². The maximum Gasteiger partial charge on any atom is 0.472 e. The summed E-state index contributed by atoms with van der Waals surface area (Å²) >= 11 is 0. The summed E-state index contributed by atoms with van der Waals surface area (Å²) in [5, 5.41) is 10.6. The van der Waals surface area contributed by atoms with E-state index in [2.05, 4.69) is 65.8 Å². The van der Waals surface area contributed by atoms with E-state index in [1.807, 2.05) is 0 Å². The number of hydrogen-bond donors (Lipinski definition) is 3. The first-order valence-electron chi connectivity index (χ1n) is 37.3. The SMILES string of the molecule is CCCCCC/C=C\C=C/CCCCCCCC(=O)O[C@H](COC(=O)CCCCCCCCCCCCCC(C)C)COP(=O)(O)OC[C@@H](O)COP(=O)(O)OC[C@@H](COC(=O)CCCCCCCCCCCCC)OC(=O)CCCCCCCCCCC(C)CC. The molecule has 6 atom stereocenters. The predicted octanol–water partition coefficient (Wildman–Crippen LogP) is 20.7. The highest BCUT2D eigenvalue weighted by Crippen LogP contribution is 2.45. The van der Waals surface area contributed by atoms with Crippen LogP contribution in [0, 0.1) is 11.8 Å². The molecule has 19 heteroatoms. The number of ether oxygens (including phenoxy) is 4. The van der Waals surface area contributed by atoms with Gasteiger partial charge in [-0.05, 0) is 63.2 Å². The van der Waals surface area contributed by atoms with E-state index in [9.17, 15) is 43.2 Å². The van der Waals surface area contributed by atoms with Crippen molar-refractivity contribution in [2.45, 2.75) is 368 Å². The average Bonchev–Trinajstić information content (AvgIpc) is 2.22. The minimum absolute atomic E-state index is 0.0848. The molecule has 0 bridgehead atoms. The van der Waals surface area contributed by atoms with Crippen LogP contribution in [0.1, 0.15) is 350 Å². The Balaban J connectivity index is 5.30. The molecule has 0 aromatic rings. The van der Waals surface area contributed by atoms with Crippen molar-refractivity contribution in [3.8, 4) is 0 Å². The quantitative estimate of drug-likeness (QED) is 0.0169. The lowest BCUT2D eigenvalue weighted by Gasteiger charge is -2.21. The third-order valence-corrected chi connectivity index (χ3v) is 18.6. The highest BCUT2D eigenvalue weighted by atomic mass is 31.2. The molecule has 92 heavy (non-hydrogen) atoms. The third-order valence-electron chi connectivity index (χ3n) is 16.7. The zero-order chi connectivity index (χ0) is 67.9. The Morgan fingerprint density at radius 2 is 0.641 bits per heavy atom. The molecule has 0 saturated carbocycles. The lowest BCUT2D eigenvalue weighted by atomic mass is 9.99. The van der Waals surface area contributed by atoms with Crippen LogP contribution in [0.2, 0.25) is 0 Å². The summed E-state index contributed by atoms with van der Waals surface area (Å²) in [5.41, 5.74) is 0. The van der Waals surface area contributed by atoms with E-state index < -0.39 is 97.5 Å². The van der Waals surface area contributed by atoms with Crippen LogP contribution in [0.5, 0.6) is 0 Å². The van der Waals surface area contributed by atoms with Crippen LogP contribution in [-0.2, 0) is 65.4 Å². The monoisotopic (exact) mass is 1350 g/mol. The smallest absolute Gasteiger partial charge is 0.462 e. The molecule has 0 spiro atoms. The number of esters is 4. The Kier molecular flexibility index (Phi) is 62.8. The fourth-order valence-corrected chi connectivity index (χ4v) is 12.1. The number of rotatable bonds is 70. The van der Waals surface area contributed by atoms with Gasteiger partial charge in [-0.1, -0.05) is 297 Å². The first-order valence-corrected chi connectivity index (χ1v) is 40.3. The lowest BCUT2D eigenvalue weighted by Crippen LogP contribution is -2.30. The van der Waals surface area contributed by atoms with Crippen LogP contribution in [0.4, 0.5) is 0 Å². The summed E-state index contributed by atoms with van der Waals surface area (Å²) in [6.07, 6.45) is 53.4. The molecular weight excluding hydrogens is 1210 g/mol. The molecule has 0 fully saturated rings. The fraction of sp³-hybridized carbons (Fsp3) is 0.890. The van der Waals surface area contributed by atoms with E-state index >= 15 is 0 Å². The van der Waals surface area contributed by atoms with Crippen LogP contribution < -0.4 is 0 Å². The molecule has 0 aliphatic carbocycles. The van der Waals surface area contributed by atoms with Crippen molar-refractivity contribution in [1.29, 1.82) is 0 Å². The van der Waals surface area contributed by atoms with Gasteiger partial charge in [-0.3, -0.25) is 37.3 Å². The summed E-state index contributed by atoms with van der Waals surface area (Å²) in [7, 11) is -9.92. The molecule has 3 N–H and O–H groups in total. The van der Waals surface area contributed by atoms with Gasteiger partial charge in [-0.25, -0.2) is 9.13 Å². The largest absolute Gasteiger partial charge is 0.472 e. The van der Waals surface area contributed by atoms with Crippen LogP contribution in [-0.4, -0.2) is 96.7 Å². The zero-order valence-electron chi connectivity index (χ0n) is 59.3. The van der Waals surface area contributed by atoms with E-state index in [0.717, 1.165) is 115 Å². The molecule has 3 unspecified atom stereocenters. The zero-order valence-corrected chi connectivity index (χ0v) is 61.1. The number of hydrogen-bond acceptors (Lipinski definition) is 15. The molecule has 0 aromatic carbocycles. The van der Waals surface area contributed by atoms with Gasteiger partial charge in [0.25, 0.3) is 0 Å². The van der Waals surface area contributed by atoms with Crippen LogP contribution in [0.25, 0.3) is 0 Å². The lowest BCUT2D eigenvalue weighted by molar-refractivity contribution is -0.161. The molecule has 0 radical (unpaired) electrons. The van der Waals surface area contributed by atoms with Crippen LogP contribution in [0.3, 0.4) is 0 Å². The van der Waals surface area contributed by atoms with Crippen molar-refractivity contribution in [1.82, 2.24) is 0 Å². The van der Waals surface area contributed by atoms with E-state index in [1.54, 1.807) is 0 Å². The molecule has 0 aliphatic rings. The molecule has 0 aromatic heterocycles. The molecule has 17 nitrogen and oxygen atoms in total. The Morgan fingerprint density at radius 3 is 0.978 bits per heavy atom. The molecule has 542 valence electrons. The normalized spacial score (nSPS) is 14.5. The van der Waals surface area contributed by atoms with Crippen molar-refractivity contribution in [2.75, 3.05) is 39.6 Å². The molecule has 0 rings (SSSR count). The molecule has 0 aliphatic heterocycles. The molecule has 0 saturated heterocycles. The number of aliphatic hydroxyl groups is 1. The van der Waals surface area contributed by atoms with Crippen LogP contribution in [0.15, 0.2) is 24.3 Å². The van der Waals surface area contributed by atoms with Gasteiger partial charge in [-0.2, -0.15) is 0 Å². The average molecular weight is 1350 g/mol. The summed E-state index contributed by atoms with van der Waals surface area (Å²) in [5.74, 6) is -0.614. The van der Waals surface area contributed by atoms with Gasteiger partial charge in [0.15, 0.2) is 12.2 Å². The van der Waals surface area contributed by atoms with Crippen molar-refractivity contribution in [2.24, 2.45) is 11.8 Å². The minimum Gasteiger partial charge on any atom is -0.462 e. The molecule has 0 heterocycles. The first-order chi connectivity index (χ1) is 44.4. The predicted molar refractivity (Wildman–Crippen MR) is 372 cm³/mol. The summed E-state index contributed by atoms with van der Waals surface area (Å²) < 4.78 is 68.4. The van der Waals surface area contributed by atoms with Crippen molar-refractivity contribution < 1.29 is 80.2 Å². The van der Waals surface area contributed by atoms with E-state index in [1.165, 1.54) is 154 Å². The van der Waals surface area contributed by atoms with E-state index in [-0.39, 0.29) is 25.7 Å². The Bertz CT molecular complexity index is 1880. The minimum atomic E-state index is -4.96.